The van der Waals surface area contributed by atoms with E-state index in [2.05, 4.69) is 10.3 Å². The molecule has 0 bridgehead atoms. The van der Waals surface area contributed by atoms with Gasteiger partial charge in [0.25, 0.3) is 5.91 Å². The van der Waals surface area contributed by atoms with Crippen LogP contribution in [0.15, 0.2) is 36.8 Å². The molecule has 1 aliphatic rings. The first-order chi connectivity index (χ1) is 7.36. The number of nitrogens with one attached hydrogen (secondary N) is 1. The minimum absolute atomic E-state index is 0.0799. The highest BCUT2D eigenvalue weighted by Gasteiger charge is 2.18. The number of benzene rings is 1. The van der Waals surface area contributed by atoms with Crippen LogP contribution in [0.5, 0.6) is 0 Å². The summed E-state index contributed by atoms with van der Waals surface area (Å²) < 4.78 is 1.82. The van der Waals surface area contributed by atoms with Crippen molar-refractivity contribution in [3.63, 3.8) is 0 Å². The quantitative estimate of drug-likeness (QED) is 0.691. The van der Waals surface area contributed by atoms with Gasteiger partial charge in [-0.15, -0.1) is 0 Å². The smallest absolute Gasteiger partial charge is 0.270 e. The summed E-state index contributed by atoms with van der Waals surface area (Å²) in [7, 11) is 0. The normalized spacial score (nSPS) is 13.7. The van der Waals surface area contributed by atoms with Crippen molar-refractivity contribution in [2.45, 2.75) is 6.54 Å². The molecule has 15 heavy (non-hydrogen) atoms. The van der Waals surface area contributed by atoms with E-state index in [9.17, 15) is 4.79 Å². The summed E-state index contributed by atoms with van der Waals surface area (Å²) in [5, 5.41) is 2.84. The molecule has 0 saturated carbocycles. The molecule has 2 aromatic rings. The fourth-order valence-electron chi connectivity index (χ4n) is 1.82. The van der Waals surface area contributed by atoms with E-state index in [1.807, 2.05) is 28.8 Å². The number of rotatable bonds is 0. The van der Waals surface area contributed by atoms with Crippen LogP contribution in [0.25, 0.3) is 5.69 Å². The van der Waals surface area contributed by atoms with Gasteiger partial charge in [-0.25, -0.2) is 4.98 Å². The maximum atomic E-state index is 11.7. The van der Waals surface area contributed by atoms with Crippen molar-refractivity contribution in [1.82, 2.24) is 14.9 Å². The molecule has 2 heterocycles. The van der Waals surface area contributed by atoms with Crippen molar-refractivity contribution in [1.29, 1.82) is 0 Å². The molecular formula is C11H9N3O. The standard InChI is InChI=1S/C11H9N3O/c15-11-10-6-12-7-14(10)9-4-2-1-3-8(9)5-13-11/h1-4,6-7H,5H2,(H,13,15). The number of hydrogen-bond donors (Lipinski definition) is 1. The lowest BCUT2D eigenvalue weighted by Gasteiger charge is -2.06. The third kappa shape index (κ3) is 1.15. The Morgan fingerprint density at radius 3 is 3.13 bits per heavy atom. The molecule has 0 spiro atoms. The zero-order valence-electron chi connectivity index (χ0n) is 7.97. The first-order valence-corrected chi connectivity index (χ1v) is 4.75. The van der Waals surface area contributed by atoms with Gasteiger partial charge in [-0.05, 0) is 11.6 Å². The third-order valence-electron chi connectivity index (χ3n) is 2.56. The van der Waals surface area contributed by atoms with Crippen LogP contribution in [-0.2, 0) is 6.54 Å². The molecule has 0 fully saturated rings. The molecule has 0 atom stereocenters. The summed E-state index contributed by atoms with van der Waals surface area (Å²) in [4.78, 5) is 15.7. The zero-order chi connectivity index (χ0) is 10.3. The van der Waals surface area contributed by atoms with E-state index in [1.165, 1.54) is 0 Å². The van der Waals surface area contributed by atoms with Gasteiger partial charge in [0.1, 0.15) is 5.69 Å². The maximum Gasteiger partial charge on any atom is 0.270 e. The Morgan fingerprint density at radius 1 is 1.33 bits per heavy atom. The van der Waals surface area contributed by atoms with Crippen molar-refractivity contribution in [2.24, 2.45) is 0 Å². The van der Waals surface area contributed by atoms with Gasteiger partial charge in [0.05, 0.1) is 18.2 Å². The van der Waals surface area contributed by atoms with Crippen LogP contribution in [0.2, 0.25) is 0 Å². The van der Waals surface area contributed by atoms with Gasteiger partial charge in [0, 0.05) is 6.54 Å². The van der Waals surface area contributed by atoms with Crippen molar-refractivity contribution >= 4 is 5.91 Å². The van der Waals surface area contributed by atoms with Gasteiger partial charge in [0.15, 0.2) is 0 Å². The SMILES string of the molecule is O=C1NCc2ccccc2-n2cncc21. The molecule has 1 amide bonds. The molecule has 0 radical (unpaired) electrons. The van der Waals surface area contributed by atoms with Crippen LogP contribution in [0.3, 0.4) is 0 Å². The van der Waals surface area contributed by atoms with Crippen LogP contribution in [0.4, 0.5) is 0 Å². The number of fused-ring (bicyclic) bond motifs is 3. The minimum atomic E-state index is -0.0799. The molecule has 1 aromatic heterocycles. The lowest BCUT2D eigenvalue weighted by Crippen LogP contribution is -2.21. The average Bonchev–Trinajstić information content (AvgIpc) is 2.71. The molecule has 1 aliphatic heterocycles. The number of hydrogen-bond acceptors (Lipinski definition) is 2. The van der Waals surface area contributed by atoms with Crippen LogP contribution < -0.4 is 5.32 Å². The number of carbonyl (C=O) groups is 1. The molecular weight excluding hydrogens is 190 g/mol. The Morgan fingerprint density at radius 2 is 2.20 bits per heavy atom. The number of nitrogens with zero attached hydrogens (tertiary/aromatic N) is 2. The molecule has 0 aliphatic carbocycles. The van der Waals surface area contributed by atoms with E-state index in [0.717, 1.165) is 11.3 Å². The number of amides is 1. The fourth-order valence-corrected chi connectivity index (χ4v) is 1.82. The third-order valence-corrected chi connectivity index (χ3v) is 2.56. The Bertz CT molecular complexity index is 530. The van der Waals surface area contributed by atoms with Crippen LogP contribution in [0, 0.1) is 0 Å². The van der Waals surface area contributed by atoms with Crippen LogP contribution in [0.1, 0.15) is 16.1 Å². The largest absolute Gasteiger partial charge is 0.347 e. The number of para-hydroxylation sites is 1. The lowest BCUT2D eigenvalue weighted by atomic mass is 10.2. The van der Waals surface area contributed by atoms with Crippen molar-refractivity contribution < 1.29 is 4.79 Å². The molecule has 4 heteroatoms. The molecule has 4 nitrogen and oxygen atoms in total. The van der Waals surface area contributed by atoms with Crippen molar-refractivity contribution in [3.8, 4) is 5.69 Å². The van der Waals surface area contributed by atoms with E-state index in [1.54, 1.807) is 12.5 Å². The highest BCUT2D eigenvalue weighted by molar-refractivity contribution is 5.93. The van der Waals surface area contributed by atoms with Gasteiger partial charge >= 0.3 is 0 Å². The van der Waals surface area contributed by atoms with E-state index in [4.69, 9.17) is 0 Å². The molecule has 74 valence electrons. The number of carbonyl (C=O) groups excluding carboxylic acids is 1. The molecule has 1 N–H and O–H groups in total. The highest BCUT2D eigenvalue weighted by Crippen LogP contribution is 2.19. The van der Waals surface area contributed by atoms with Gasteiger partial charge in [-0.3, -0.25) is 9.36 Å². The fraction of sp³-hybridized carbons (Fsp3) is 0.0909. The summed E-state index contributed by atoms with van der Waals surface area (Å²) in [5.41, 5.74) is 2.70. The van der Waals surface area contributed by atoms with Crippen LogP contribution >= 0.6 is 0 Å². The monoisotopic (exact) mass is 199 g/mol. The first-order valence-electron chi connectivity index (χ1n) is 4.75. The van der Waals surface area contributed by atoms with E-state index >= 15 is 0 Å². The number of imidazole rings is 1. The van der Waals surface area contributed by atoms with Crippen molar-refractivity contribution in [2.75, 3.05) is 0 Å². The Labute approximate surface area is 86.6 Å². The lowest BCUT2D eigenvalue weighted by molar-refractivity contribution is 0.0946. The maximum absolute atomic E-state index is 11.7. The van der Waals surface area contributed by atoms with Gasteiger partial charge < -0.3 is 5.32 Å². The molecule has 3 rings (SSSR count). The molecule has 0 unspecified atom stereocenters. The van der Waals surface area contributed by atoms with Crippen LogP contribution in [-0.4, -0.2) is 15.5 Å². The highest BCUT2D eigenvalue weighted by atomic mass is 16.2. The van der Waals surface area contributed by atoms with Crippen molar-refractivity contribution in [3.05, 3.63) is 48.0 Å². The summed E-state index contributed by atoms with van der Waals surface area (Å²) in [5.74, 6) is -0.0799. The first kappa shape index (κ1) is 8.23. The minimum Gasteiger partial charge on any atom is -0.347 e. The predicted octanol–water partition coefficient (Wildman–Crippen LogP) is 1.12. The zero-order valence-corrected chi connectivity index (χ0v) is 7.97. The molecule has 0 saturated heterocycles. The van der Waals surface area contributed by atoms with E-state index in [-0.39, 0.29) is 5.91 Å². The van der Waals surface area contributed by atoms with E-state index in [0.29, 0.717) is 12.2 Å². The average molecular weight is 199 g/mol. The number of aromatic nitrogens is 2. The second-order valence-corrected chi connectivity index (χ2v) is 3.46. The summed E-state index contributed by atoms with van der Waals surface area (Å²) in [6.45, 7) is 0.566. The van der Waals surface area contributed by atoms with Gasteiger partial charge in [-0.2, -0.15) is 0 Å². The second-order valence-electron chi connectivity index (χ2n) is 3.46. The summed E-state index contributed by atoms with van der Waals surface area (Å²) in [6, 6.07) is 7.91. The molecule has 1 aromatic carbocycles. The summed E-state index contributed by atoms with van der Waals surface area (Å²) in [6.07, 6.45) is 3.25. The second kappa shape index (κ2) is 2.95. The van der Waals surface area contributed by atoms with Gasteiger partial charge in [0.2, 0.25) is 0 Å². The Balaban J connectivity index is 2.31. The van der Waals surface area contributed by atoms with Gasteiger partial charge in [-0.1, -0.05) is 18.2 Å². The summed E-state index contributed by atoms with van der Waals surface area (Å²) >= 11 is 0. The Hall–Kier alpha value is -2.10. The topological polar surface area (TPSA) is 46.9 Å². The Kier molecular flexibility index (Phi) is 1.62. The van der Waals surface area contributed by atoms with E-state index < -0.39 is 0 Å². The predicted molar refractivity (Wildman–Crippen MR) is 54.7 cm³/mol.